The molecule has 1 amide bonds. The number of carboxylic acids is 1. The number of pyridine rings is 1. The van der Waals surface area contributed by atoms with Crippen molar-refractivity contribution in [2.75, 3.05) is 20.6 Å². The zero-order chi connectivity index (χ0) is 33.9. The molecule has 0 saturated heterocycles. The van der Waals surface area contributed by atoms with Crippen LogP contribution in [0, 0.1) is 19.8 Å². The van der Waals surface area contributed by atoms with E-state index < -0.39 is 47.7 Å². The van der Waals surface area contributed by atoms with E-state index in [1.54, 1.807) is 23.4 Å². The summed E-state index contributed by atoms with van der Waals surface area (Å²) in [4.78, 5) is 45.7. The molecule has 0 aliphatic carbocycles. The monoisotopic (exact) mass is 641 g/mol. The maximum Gasteiger partial charge on any atom is 0.416 e. The molecule has 0 radical (unpaired) electrons. The first-order valence-electron chi connectivity index (χ1n) is 14.8. The normalized spacial score (nSPS) is 13.4. The number of carbonyl (C=O) groups excluding carboxylic acids is 1. The van der Waals surface area contributed by atoms with E-state index >= 15 is 0 Å². The number of nitrogens with one attached hydrogen (secondary N) is 1. The van der Waals surface area contributed by atoms with Gasteiger partial charge in [0.1, 0.15) is 18.1 Å². The van der Waals surface area contributed by atoms with E-state index in [2.05, 4.69) is 15.5 Å². The van der Waals surface area contributed by atoms with Crippen molar-refractivity contribution in [1.82, 2.24) is 34.4 Å². The number of aromatic nitrogens is 5. The Balaban J connectivity index is 1.81. The minimum Gasteiger partial charge on any atom is -0.481 e. The van der Waals surface area contributed by atoms with Crippen molar-refractivity contribution in [2.45, 2.75) is 65.2 Å². The van der Waals surface area contributed by atoms with E-state index in [1.807, 2.05) is 45.9 Å². The van der Waals surface area contributed by atoms with Crippen molar-refractivity contribution in [3.8, 4) is 11.3 Å². The lowest BCUT2D eigenvalue weighted by molar-refractivity contribution is -0.139. The maximum absolute atomic E-state index is 14.0. The molecule has 4 aromatic rings. The van der Waals surface area contributed by atoms with Gasteiger partial charge in [-0.05, 0) is 63.4 Å². The third-order valence-electron chi connectivity index (χ3n) is 7.70. The van der Waals surface area contributed by atoms with Gasteiger partial charge in [-0.3, -0.25) is 18.8 Å². The first-order valence-corrected chi connectivity index (χ1v) is 14.8. The number of hydrogen-bond acceptors (Lipinski definition) is 7. The predicted molar refractivity (Wildman–Crippen MR) is 165 cm³/mol. The fraction of sp³-hybridized carbons (Fsp3) is 0.438. The maximum atomic E-state index is 14.0. The van der Waals surface area contributed by atoms with E-state index in [1.165, 1.54) is 12.5 Å². The lowest BCUT2D eigenvalue weighted by atomic mass is 9.99. The van der Waals surface area contributed by atoms with Gasteiger partial charge in [0, 0.05) is 30.6 Å². The van der Waals surface area contributed by atoms with Gasteiger partial charge in [0.15, 0.2) is 5.65 Å². The van der Waals surface area contributed by atoms with Crippen LogP contribution in [-0.2, 0) is 22.2 Å². The molecular weight excluding hydrogens is 603 g/mol. The summed E-state index contributed by atoms with van der Waals surface area (Å²) in [6, 6.07) is 3.86. The number of carbonyl (C=O) groups is 2. The highest BCUT2D eigenvalue weighted by Crippen LogP contribution is 2.33. The summed E-state index contributed by atoms with van der Waals surface area (Å²) < 4.78 is 44.4. The highest BCUT2D eigenvalue weighted by atomic mass is 19.4. The first-order chi connectivity index (χ1) is 21.6. The number of alkyl halides is 3. The predicted octanol–water partition coefficient (Wildman–Crippen LogP) is 4.61. The van der Waals surface area contributed by atoms with Crippen LogP contribution in [0.15, 0.2) is 47.8 Å². The van der Waals surface area contributed by atoms with Crippen LogP contribution >= 0.6 is 0 Å². The second-order valence-electron chi connectivity index (χ2n) is 12.2. The Hall–Kier alpha value is -4.59. The van der Waals surface area contributed by atoms with Crippen LogP contribution in [0.3, 0.4) is 0 Å². The number of fused-ring (bicyclic) bond motifs is 1. The number of likely N-dealkylation sites (N-methyl/N-ethyl adjacent to an activating group) is 1. The van der Waals surface area contributed by atoms with Gasteiger partial charge in [-0.1, -0.05) is 32.0 Å². The Morgan fingerprint density at radius 1 is 1.11 bits per heavy atom. The van der Waals surface area contributed by atoms with E-state index in [0.29, 0.717) is 17.4 Å². The van der Waals surface area contributed by atoms with Crippen LogP contribution < -0.4 is 10.9 Å². The quantitative estimate of drug-likeness (QED) is 0.229. The summed E-state index contributed by atoms with van der Waals surface area (Å²) >= 11 is 0. The molecule has 2 atom stereocenters. The summed E-state index contributed by atoms with van der Waals surface area (Å²) in [5.74, 6) is -2.09. The molecule has 3 aromatic heterocycles. The molecule has 246 valence electrons. The zero-order valence-corrected chi connectivity index (χ0v) is 26.6. The molecule has 0 saturated carbocycles. The van der Waals surface area contributed by atoms with Crippen molar-refractivity contribution in [3.05, 3.63) is 81.3 Å². The van der Waals surface area contributed by atoms with Gasteiger partial charge >= 0.3 is 12.1 Å². The van der Waals surface area contributed by atoms with Gasteiger partial charge in [-0.2, -0.15) is 13.2 Å². The number of rotatable bonds is 12. The lowest BCUT2D eigenvalue weighted by Crippen LogP contribution is -2.41. The van der Waals surface area contributed by atoms with Gasteiger partial charge in [-0.25, -0.2) is 4.98 Å². The molecular formula is C32H38F3N7O4. The number of hydrogen-bond donors (Lipinski definition) is 2. The fourth-order valence-corrected chi connectivity index (χ4v) is 5.49. The Morgan fingerprint density at radius 2 is 1.78 bits per heavy atom. The van der Waals surface area contributed by atoms with Gasteiger partial charge in [0.05, 0.1) is 23.7 Å². The summed E-state index contributed by atoms with van der Waals surface area (Å²) in [6.07, 6.45) is -1.14. The van der Waals surface area contributed by atoms with Crippen LogP contribution in [0.5, 0.6) is 0 Å². The average molecular weight is 642 g/mol. The molecule has 0 fully saturated rings. The number of benzene rings is 1. The molecule has 0 aliphatic heterocycles. The Kier molecular flexibility index (Phi) is 10.3. The molecule has 0 aliphatic rings. The van der Waals surface area contributed by atoms with Crippen molar-refractivity contribution in [1.29, 1.82) is 0 Å². The second-order valence-corrected chi connectivity index (χ2v) is 12.2. The average Bonchev–Trinajstić information content (AvgIpc) is 3.43. The van der Waals surface area contributed by atoms with Crippen molar-refractivity contribution in [3.63, 3.8) is 0 Å². The number of aryl methyl sites for hydroxylation is 2. The molecule has 2 unspecified atom stereocenters. The summed E-state index contributed by atoms with van der Waals surface area (Å²) in [5, 5.41) is 20.8. The van der Waals surface area contributed by atoms with E-state index in [0.717, 1.165) is 27.5 Å². The number of amides is 1. The summed E-state index contributed by atoms with van der Waals surface area (Å²) in [5.41, 5.74) is 1.50. The molecule has 3 heterocycles. The Labute approximate surface area is 264 Å². The van der Waals surface area contributed by atoms with Crippen LogP contribution in [0.1, 0.15) is 66.7 Å². The number of carboxylic acid groups (broad SMARTS) is 1. The van der Waals surface area contributed by atoms with Gasteiger partial charge < -0.3 is 19.9 Å². The van der Waals surface area contributed by atoms with Crippen LogP contribution in [0.2, 0.25) is 0 Å². The molecule has 1 aromatic carbocycles. The van der Waals surface area contributed by atoms with Crippen molar-refractivity contribution in [2.24, 2.45) is 5.92 Å². The molecule has 0 spiro atoms. The fourth-order valence-electron chi connectivity index (χ4n) is 5.49. The van der Waals surface area contributed by atoms with Crippen molar-refractivity contribution < 1.29 is 27.9 Å². The Morgan fingerprint density at radius 3 is 2.37 bits per heavy atom. The Bertz CT molecular complexity index is 1780. The van der Waals surface area contributed by atoms with Gasteiger partial charge in [0.25, 0.3) is 5.56 Å². The SMILES string of the molecule is Cc1cccc(C)c1-c1nc(C(CC(=O)O)NC(=O)C(CC(C)C)n2cc(CCN(C)C)c(C(F)(F)F)cc2=O)cn2cnnc12. The third kappa shape index (κ3) is 7.79. The molecule has 4 rings (SSSR count). The standard InChI is InChI=1S/C32H38F3N7O4/c1-18(2)12-25(42-15-21(10-11-40(5)6)22(13-26(42)43)32(33,34)35)31(46)38-23(14-27(44)45)24-16-41-17-36-39-30(41)29(37-24)28-19(3)8-7-9-20(28)4/h7-9,13,15-18,23,25H,10-12,14H2,1-6H3,(H,38,46)(H,44,45). The molecule has 2 N–H and O–H groups in total. The smallest absolute Gasteiger partial charge is 0.416 e. The van der Waals surface area contributed by atoms with E-state index in [4.69, 9.17) is 4.98 Å². The third-order valence-corrected chi connectivity index (χ3v) is 7.70. The lowest BCUT2D eigenvalue weighted by Gasteiger charge is -2.26. The number of aliphatic carboxylic acids is 1. The molecule has 46 heavy (non-hydrogen) atoms. The zero-order valence-electron chi connectivity index (χ0n) is 26.6. The second kappa shape index (κ2) is 13.8. The summed E-state index contributed by atoms with van der Waals surface area (Å²) in [7, 11) is 3.44. The molecule has 0 bridgehead atoms. The van der Waals surface area contributed by atoms with Crippen LogP contribution in [-0.4, -0.2) is 66.7 Å². The summed E-state index contributed by atoms with van der Waals surface area (Å²) in [6.45, 7) is 7.73. The van der Waals surface area contributed by atoms with Gasteiger partial charge in [-0.15, -0.1) is 10.2 Å². The topological polar surface area (TPSA) is 135 Å². The minimum atomic E-state index is -4.76. The first kappa shape index (κ1) is 34.3. The van der Waals surface area contributed by atoms with E-state index in [9.17, 15) is 32.7 Å². The van der Waals surface area contributed by atoms with Crippen LogP contribution in [0.25, 0.3) is 16.9 Å². The molecule has 11 nitrogen and oxygen atoms in total. The largest absolute Gasteiger partial charge is 0.481 e. The van der Waals surface area contributed by atoms with Crippen molar-refractivity contribution >= 4 is 17.5 Å². The highest BCUT2D eigenvalue weighted by Gasteiger charge is 2.36. The number of nitrogens with zero attached hydrogens (tertiary/aromatic N) is 6. The highest BCUT2D eigenvalue weighted by molar-refractivity contribution is 5.82. The number of halogens is 3. The van der Waals surface area contributed by atoms with Crippen LogP contribution in [0.4, 0.5) is 13.2 Å². The van der Waals surface area contributed by atoms with E-state index in [-0.39, 0.29) is 36.6 Å². The molecule has 14 heteroatoms. The van der Waals surface area contributed by atoms with Gasteiger partial charge in [0.2, 0.25) is 5.91 Å². The minimum absolute atomic E-state index is 0.0102.